The van der Waals surface area contributed by atoms with Gasteiger partial charge in [-0.15, -0.1) is 0 Å². The lowest BCUT2D eigenvalue weighted by molar-refractivity contribution is -0.139. The molecule has 0 rings (SSSR count). The molecule has 0 aromatic rings. The van der Waals surface area contributed by atoms with Gasteiger partial charge in [0.1, 0.15) is 0 Å². The summed E-state index contributed by atoms with van der Waals surface area (Å²) in [5, 5.41) is 0. The zero-order chi connectivity index (χ0) is 13.3. The first-order chi connectivity index (χ1) is 7.83. The highest BCUT2D eigenvalue weighted by Crippen LogP contribution is 2.35. The molecule has 7 heteroatoms. The van der Waals surface area contributed by atoms with Crippen molar-refractivity contribution in [1.29, 1.82) is 0 Å². The van der Waals surface area contributed by atoms with Gasteiger partial charge >= 0.3 is 15.2 Å². The Morgan fingerprint density at radius 1 is 1.24 bits per heavy atom. The highest BCUT2D eigenvalue weighted by Gasteiger charge is 2.12. The maximum atomic E-state index is 11.0. The summed E-state index contributed by atoms with van der Waals surface area (Å²) in [7, 11) is -4.33. The standard InChI is InChI=1S/C10H19O6P/c1-9(2)10(11)15-7-5-3-4-6-8-16-17(12,13)14/h1,3-8H2,2H3,(H2,12,13,14)/p+1. The summed E-state index contributed by atoms with van der Waals surface area (Å²) in [6.45, 7) is 5.41. The number of phosphoric acid groups is 1. The normalized spacial score (nSPS) is 11.2. The molecule has 0 saturated carbocycles. The van der Waals surface area contributed by atoms with Crippen molar-refractivity contribution in [3.8, 4) is 0 Å². The molecule has 0 amide bonds. The summed E-state index contributed by atoms with van der Waals surface area (Å²) >= 11 is 0. The molecular weight excluding hydrogens is 247 g/mol. The summed E-state index contributed by atoms with van der Waals surface area (Å²) in [5.41, 5.74) is 0.375. The molecule has 0 aromatic carbocycles. The van der Waals surface area contributed by atoms with Crippen molar-refractivity contribution >= 4 is 13.8 Å². The smallest absolute Gasteiger partial charge is 0.462 e. The number of hydrogen-bond donors (Lipinski definition) is 2. The lowest BCUT2D eigenvalue weighted by Gasteiger charge is -2.05. The van der Waals surface area contributed by atoms with Crippen molar-refractivity contribution in [2.24, 2.45) is 0 Å². The second kappa shape index (κ2) is 8.42. The van der Waals surface area contributed by atoms with Crippen LogP contribution in [0.5, 0.6) is 0 Å². The minimum Gasteiger partial charge on any atom is -0.462 e. The molecular formula is C10H20O6P+. The molecule has 0 fully saturated rings. The molecule has 0 aliphatic heterocycles. The molecule has 0 heterocycles. The van der Waals surface area contributed by atoms with Crippen LogP contribution in [-0.4, -0.2) is 29.0 Å². The van der Waals surface area contributed by atoms with Gasteiger partial charge in [0.25, 0.3) is 0 Å². The van der Waals surface area contributed by atoms with E-state index in [9.17, 15) is 9.36 Å². The third kappa shape index (κ3) is 11.6. The highest BCUT2D eigenvalue weighted by molar-refractivity contribution is 7.46. The summed E-state index contributed by atoms with van der Waals surface area (Å²) in [4.78, 5) is 27.7. The zero-order valence-electron chi connectivity index (χ0n) is 10.9. The molecule has 2 N–H and O–H groups in total. The fourth-order valence-corrected chi connectivity index (χ4v) is 1.40. The SMILES string of the molecule is C=C(C)C(=O)OCCCCCCOP(=O)(O)O.[H+]. The number of phosphoric ester groups is 1. The van der Waals surface area contributed by atoms with E-state index in [2.05, 4.69) is 11.1 Å². The lowest BCUT2D eigenvalue weighted by atomic mass is 10.2. The number of esters is 1. The van der Waals surface area contributed by atoms with Crippen LogP contribution in [0.3, 0.4) is 0 Å². The third-order valence-electron chi connectivity index (χ3n) is 1.88. The van der Waals surface area contributed by atoms with Crippen LogP contribution in [0.15, 0.2) is 12.2 Å². The Balaban J connectivity index is 0. The number of unbranched alkanes of at least 4 members (excludes halogenated alkanes) is 3. The van der Waals surface area contributed by atoms with Gasteiger partial charge < -0.3 is 14.5 Å². The summed E-state index contributed by atoms with van der Waals surface area (Å²) in [6.07, 6.45) is 2.87. The van der Waals surface area contributed by atoms with Crippen molar-refractivity contribution in [3.63, 3.8) is 0 Å². The minimum absolute atomic E-state index is 0. The van der Waals surface area contributed by atoms with Crippen LogP contribution < -0.4 is 0 Å². The molecule has 0 unspecified atom stereocenters. The maximum absolute atomic E-state index is 11.0. The first-order valence-electron chi connectivity index (χ1n) is 5.35. The molecule has 0 aromatic heterocycles. The molecule has 0 aliphatic carbocycles. The quantitative estimate of drug-likeness (QED) is 0.287. The topological polar surface area (TPSA) is 93.1 Å². The molecule has 0 aliphatic rings. The summed E-state index contributed by atoms with van der Waals surface area (Å²) in [5.74, 6) is -0.394. The van der Waals surface area contributed by atoms with E-state index in [1.54, 1.807) is 6.92 Å². The minimum atomic E-state index is -4.33. The van der Waals surface area contributed by atoms with E-state index in [0.717, 1.165) is 19.3 Å². The van der Waals surface area contributed by atoms with Gasteiger partial charge in [0.2, 0.25) is 0 Å². The van der Waals surface area contributed by atoms with Crippen molar-refractivity contribution in [2.75, 3.05) is 13.2 Å². The van der Waals surface area contributed by atoms with Gasteiger partial charge in [-0.1, -0.05) is 13.0 Å². The average Bonchev–Trinajstić information content (AvgIpc) is 2.19. The van der Waals surface area contributed by atoms with Gasteiger partial charge in [0, 0.05) is 5.57 Å². The molecule has 0 saturated heterocycles. The molecule has 100 valence electrons. The lowest BCUT2D eigenvalue weighted by Crippen LogP contribution is -2.06. The molecule has 0 spiro atoms. The van der Waals surface area contributed by atoms with E-state index < -0.39 is 13.8 Å². The Morgan fingerprint density at radius 3 is 2.24 bits per heavy atom. The Hall–Kier alpha value is -0.680. The van der Waals surface area contributed by atoms with Crippen LogP contribution in [0.4, 0.5) is 0 Å². The van der Waals surface area contributed by atoms with Crippen molar-refractivity contribution in [2.45, 2.75) is 32.6 Å². The summed E-state index contributed by atoms with van der Waals surface area (Å²) in [6, 6.07) is 0. The molecule has 0 radical (unpaired) electrons. The van der Waals surface area contributed by atoms with Crippen LogP contribution in [0, 0.1) is 0 Å². The Kier molecular flexibility index (Phi) is 8.08. The molecule has 17 heavy (non-hydrogen) atoms. The highest BCUT2D eigenvalue weighted by atomic mass is 31.2. The van der Waals surface area contributed by atoms with E-state index in [0.29, 0.717) is 18.6 Å². The number of hydrogen-bond acceptors (Lipinski definition) is 4. The second-order valence-electron chi connectivity index (χ2n) is 3.65. The largest absolute Gasteiger partial charge is 1.00 e. The van der Waals surface area contributed by atoms with Gasteiger partial charge in [-0.25, -0.2) is 9.36 Å². The van der Waals surface area contributed by atoms with Gasteiger partial charge in [-0.3, -0.25) is 4.52 Å². The predicted molar refractivity (Wildman–Crippen MR) is 63.3 cm³/mol. The van der Waals surface area contributed by atoms with E-state index in [1.165, 1.54) is 0 Å². The van der Waals surface area contributed by atoms with Gasteiger partial charge in [0.15, 0.2) is 0 Å². The van der Waals surface area contributed by atoms with Crippen molar-refractivity contribution in [3.05, 3.63) is 12.2 Å². The number of carbonyl (C=O) groups is 1. The number of rotatable bonds is 9. The van der Waals surface area contributed by atoms with E-state index in [1.807, 2.05) is 0 Å². The molecule has 6 nitrogen and oxygen atoms in total. The third-order valence-corrected chi connectivity index (χ3v) is 2.40. The maximum Gasteiger partial charge on any atom is 1.00 e. The fourth-order valence-electron chi connectivity index (χ4n) is 1.03. The van der Waals surface area contributed by atoms with E-state index >= 15 is 0 Å². The van der Waals surface area contributed by atoms with Gasteiger partial charge in [-0.05, 0) is 26.2 Å². The Bertz CT molecular complexity index is 301. The number of ether oxygens (including phenoxy) is 1. The Morgan fingerprint density at radius 2 is 1.76 bits per heavy atom. The summed E-state index contributed by atoms with van der Waals surface area (Å²) < 4.78 is 19.5. The van der Waals surface area contributed by atoms with Crippen LogP contribution in [-0.2, 0) is 18.6 Å². The van der Waals surface area contributed by atoms with Crippen LogP contribution in [0.2, 0.25) is 0 Å². The van der Waals surface area contributed by atoms with Gasteiger partial charge in [0.05, 0.1) is 13.2 Å². The molecule has 0 bridgehead atoms. The number of carbonyl (C=O) groups excluding carboxylic acids is 1. The first-order valence-corrected chi connectivity index (χ1v) is 6.88. The van der Waals surface area contributed by atoms with E-state index in [-0.39, 0.29) is 8.03 Å². The van der Waals surface area contributed by atoms with Crippen LogP contribution in [0.1, 0.15) is 34.0 Å². The van der Waals surface area contributed by atoms with Crippen LogP contribution in [0.25, 0.3) is 0 Å². The Labute approximate surface area is 102 Å². The van der Waals surface area contributed by atoms with Crippen molar-refractivity contribution < 1.29 is 29.8 Å². The van der Waals surface area contributed by atoms with E-state index in [4.69, 9.17) is 14.5 Å². The van der Waals surface area contributed by atoms with Gasteiger partial charge in [-0.2, -0.15) is 0 Å². The second-order valence-corrected chi connectivity index (χ2v) is 4.89. The fraction of sp³-hybridized carbons (Fsp3) is 0.700. The first kappa shape index (κ1) is 16.3. The monoisotopic (exact) mass is 267 g/mol. The van der Waals surface area contributed by atoms with Crippen LogP contribution >= 0.6 is 7.82 Å². The predicted octanol–water partition coefficient (Wildman–Crippen LogP) is 1.89. The average molecular weight is 267 g/mol. The zero-order valence-corrected chi connectivity index (χ0v) is 10.8. The van der Waals surface area contributed by atoms with Crippen molar-refractivity contribution in [1.82, 2.24) is 0 Å². The molecule has 0 atom stereocenters.